The molecule has 0 aliphatic carbocycles. The van der Waals surface area contributed by atoms with Crippen molar-refractivity contribution in [2.24, 2.45) is 0 Å². The molecule has 2 aromatic carbocycles. The summed E-state index contributed by atoms with van der Waals surface area (Å²) in [6.45, 7) is 7.66. The maximum Gasteiger partial charge on any atom is 0.244 e. The largest absolute Gasteiger partial charge is 0.494 e. The number of rotatable bonds is 11. The summed E-state index contributed by atoms with van der Waals surface area (Å²) in [6.07, 6.45) is 5.22. The van der Waals surface area contributed by atoms with Crippen LogP contribution >= 0.6 is 0 Å². The minimum atomic E-state index is -3.68. The maximum atomic E-state index is 13.2. The van der Waals surface area contributed by atoms with Gasteiger partial charge in [0.1, 0.15) is 11.8 Å². The van der Waals surface area contributed by atoms with E-state index in [-0.39, 0.29) is 5.91 Å². The third-order valence-electron chi connectivity index (χ3n) is 6.15. The predicted molar refractivity (Wildman–Crippen MR) is 136 cm³/mol. The third kappa shape index (κ3) is 6.96. The second-order valence-corrected chi connectivity index (χ2v) is 10.6. The summed E-state index contributed by atoms with van der Waals surface area (Å²) < 4.78 is 32.1. The van der Waals surface area contributed by atoms with Gasteiger partial charge in [-0.1, -0.05) is 37.6 Å². The topological polar surface area (TPSA) is 79.0 Å². The van der Waals surface area contributed by atoms with Crippen LogP contribution in [0, 0.1) is 0 Å². The Morgan fingerprint density at radius 3 is 2.26 bits per heavy atom. The molecule has 1 fully saturated rings. The van der Waals surface area contributed by atoms with E-state index < -0.39 is 16.1 Å². The van der Waals surface area contributed by atoms with E-state index in [0.717, 1.165) is 31.5 Å². The lowest BCUT2D eigenvalue weighted by Crippen LogP contribution is -2.49. The van der Waals surface area contributed by atoms with Gasteiger partial charge in [0.2, 0.25) is 15.9 Å². The Kier molecular flexibility index (Phi) is 9.36. The van der Waals surface area contributed by atoms with E-state index in [9.17, 15) is 13.2 Å². The van der Waals surface area contributed by atoms with E-state index in [4.69, 9.17) is 4.74 Å². The summed E-state index contributed by atoms with van der Waals surface area (Å²) >= 11 is 0. The van der Waals surface area contributed by atoms with Crippen molar-refractivity contribution in [1.82, 2.24) is 10.2 Å². The third-order valence-corrected chi connectivity index (χ3v) is 7.33. The van der Waals surface area contributed by atoms with E-state index in [1.807, 2.05) is 32.0 Å². The molecule has 1 heterocycles. The number of benzene rings is 2. The molecule has 186 valence electrons. The van der Waals surface area contributed by atoms with Gasteiger partial charge in [0.15, 0.2) is 0 Å². The summed E-state index contributed by atoms with van der Waals surface area (Å²) in [4.78, 5) is 15.7. The molecule has 8 heteroatoms. The van der Waals surface area contributed by atoms with Crippen LogP contribution in [0.1, 0.15) is 50.7 Å². The molecule has 0 saturated carbocycles. The Morgan fingerprint density at radius 1 is 1.03 bits per heavy atom. The van der Waals surface area contributed by atoms with Gasteiger partial charge in [0.05, 0.1) is 18.6 Å². The lowest BCUT2D eigenvalue weighted by Gasteiger charge is -2.30. The van der Waals surface area contributed by atoms with Gasteiger partial charge in [-0.15, -0.1) is 0 Å². The molecule has 7 nitrogen and oxygen atoms in total. The van der Waals surface area contributed by atoms with Gasteiger partial charge in [-0.05, 0) is 74.7 Å². The maximum absolute atomic E-state index is 13.2. The lowest BCUT2D eigenvalue weighted by molar-refractivity contribution is -0.122. The highest BCUT2D eigenvalue weighted by molar-refractivity contribution is 7.92. The van der Waals surface area contributed by atoms with Crippen molar-refractivity contribution in [3.63, 3.8) is 0 Å². The van der Waals surface area contributed by atoms with Crippen molar-refractivity contribution >= 4 is 21.6 Å². The number of carbonyl (C=O) groups excluding carboxylic acids is 1. The molecule has 0 aromatic heterocycles. The van der Waals surface area contributed by atoms with Crippen LogP contribution in [0.2, 0.25) is 0 Å². The van der Waals surface area contributed by atoms with Crippen molar-refractivity contribution < 1.29 is 17.9 Å². The van der Waals surface area contributed by atoms with Crippen molar-refractivity contribution in [1.29, 1.82) is 0 Å². The van der Waals surface area contributed by atoms with Crippen LogP contribution in [-0.2, 0) is 27.9 Å². The fourth-order valence-corrected chi connectivity index (χ4v) is 5.67. The number of nitrogens with zero attached hydrogens (tertiary/aromatic N) is 2. The molecule has 3 rings (SSSR count). The first kappa shape index (κ1) is 26.0. The molecular weight excluding hydrogens is 450 g/mol. The highest BCUT2D eigenvalue weighted by Crippen LogP contribution is 2.25. The minimum Gasteiger partial charge on any atom is -0.494 e. The Morgan fingerprint density at radius 2 is 1.68 bits per heavy atom. The standard InChI is InChI=1S/C26H37N3O4S/c1-4-25(29(34(3,31)32)23-13-15-24(16-14-23)33-5-2)26(30)27-19-21-11-7-8-12-22(21)20-28-17-9-6-10-18-28/h7-8,11-16,25H,4-6,9-10,17-20H2,1-3H3,(H,27,30)/t25-/m0/s1. The van der Waals surface area contributed by atoms with Crippen LogP contribution in [-0.4, -0.2) is 51.2 Å². The number of ether oxygens (including phenoxy) is 1. The van der Waals surface area contributed by atoms with Crippen molar-refractivity contribution in [3.05, 3.63) is 59.7 Å². The number of hydrogen-bond acceptors (Lipinski definition) is 5. The predicted octanol–water partition coefficient (Wildman–Crippen LogP) is 3.93. The van der Waals surface area contributed by atoms with Crippen molar-refractivity contribution in [3.8, 4) is 5.75 Å². The van der Waals surface area contributed by atoms with E-state index in [1.54, 1.807) is 24.3 Å². The molecule has 1 aliphatic rings. The molecule has 34 heavy (non-hydrogen) atoms. The minimum absolute atomic E-state index is 0.311. The van der Waals surface area contributed by atoms with Gasteiger partial charge in [0, 0.05) is 13.1 Å². The van der Waals surface area contributed by atoms with Gasteiger partial charge in [0.25, 0.3) is 0 Å². The molecule has 1 aliphatic heterocycles. The van der Waals surface area contributed by atoms with Crippen molar-refractivity contribution in [2.45, 2.75) is 58.7 Å². The monoisotopic (exact) mass is 487 g/mol. The second kappa shape index (κ2) is 12.2. The zero-order valence-corrected chi connectivity index (χ0v) is 21.3. The van der Waals surface area contributed by atoms with Crippen LogP contribution in [0.3, 0.4) is 0 Å². The average Bonchev–Trinajstić information content (AvgIpc) is 2.82. The van der Waals surface area contributed by atoms with Gasteiger partial charge in [-0.25, -0.2) is 8.42 Å². The van der Waals surface area contributed by atoms with Gasteiger partial charge in [-0.2, -0.15) is 0 Å². The van der Waals surface area contributed by atoms with Crippen molar-refractivity contribution in [2.75, 3.05) is 30.3 Å². The molecule has 1 N–H and O–H groups in total. The quantitative estimate of drug-likeness (QED) is 0.520. The zero-order valence-electron chi connectivity index (χ0n) is 20.5. The second-order valence-electron chi connectivity index (χ2n) is 8.73. The molecule has 1 saturated heterocycles. The number of piperidine rings is 1. The van der Waals surface area contributed by atoms with Crippen LogP contribution in [0.25, 0.3) is 0 Å². The van der Waals surface area contributed by atoms with E-state index in [2.05, 4.69) is 16.3 Å². The zero-order chi connectivity index (χ0) is 24.6. The van der Waals surface area contributed by atoms with Crippen LogP contribution in [0.15, 0.2) is 48.5 Å². The number of sulfonamides is 1. The summed E-state index contributed by atoms with van der Waals surface area (Å²) in [5.41, 5.74) is 2.70. The Labute approximate surface area is 204 Å². The SMILES string of the molecule is CCOc1ccc(N([C@@H](CC)C(=O)NCc2ccccc2CN2CCCCC2)S(C)(=O)=O)cc1. The first-order valence-electron chi connectivity index (χ1n) is 12.1. The number of carbonyl (C=O) groups is 1. The normalized spacial score (nSPS) is 15.5. The number of nitrogens with one attached hydrogen (secondary N) is 1. The molecule has 1 amide bonds. The first-order chi connectivity index (χ1) is 16.3. The number of hydrogen-bond donors (Lipinski definition) is 1. The molecule has 1 atom stereocenters. The Hall–Kier alpha value is -2.58. The van der Waals surface area contributed by atoms with Crippen LogP contribution < -0.4 is 14.4 Å². The summed E-state index contributed by atoms with van der Waals surface area (Å²) in [5, 5.41) is 2.99. The van der Waals surface area contributed by atoms with Crippen LogP contribution in [0.4, 0.5) is 5.69 Å². The smallest absolute Gasteiger partial charge is 0.244 e. The Balaban J connectivity index is 1.74. The molecule has 0 unspecified atom stereocenters. The molecule has 2 aromatic rings. The summed E-state index contributed by atoms with van der Waals surface area (Å²) in [5.74, 6) is 0.345. The fourth-order valence-electron chi connectivity index (χ4n) is 4.46. The Bertz CT molecular complexity index is 1030. The fraction of sp³-hybridized carbons (Fsp3) is 0.500. The summed E-state index contributed by atoms with van der Waals surface area (Å²) in [6, 6.07) is 14.1. The molecule has 0 spiro atoms. The van der Waals surface area contributed by atoms with E-state index >= 15 is 0 Å². The lowest BCUT2D eigenvalue weighted by atomic mass is 10.0. The number of anilines is 1. The van der Waals surface area contributed by atoms with E-state index in [1.165, 1.54) is 29.1 Å². The highest BCUT2D eigenvalue weighted by Gasteiger charge is 2.31. The molecular formula is C26H37N3O4S. The van der Waals surface area contributed by atoms with Gasteiger partial charge < -0.3 is 10.1 Å². The summed E-state index contributed by atoms with van der Waals surface area (Å²) in [7, 11) is -3.68. The molecule has 0 bridgehead atoms. The van der Waals surface area contributed by atoms with Gasteiger partial charge in [-0.3, -0.25) is 14.0 Å². The molecule has 0 radical (unpaired) electrons. The highest BCUT2D eigenvalue weighted by atomic mass is 32.2. The van der Waals surface area contributed by atoms with E-state index in [0.29, 0.717) is 31.0 Å². The average molecular weight is 488 g/mol. The van der Waals surface area contributed by atoms with Gasteiger partial charge >= 0.3 is 0 Å². The first-order valence-corrected chi connectivity index (χ1v) is 14.0. The number of likely N-dealkylation sites (tertiary alicyclic amines) is 1. The van der Waals surface area contributed by atoms with Crippen LogP contribution in [0.5, 0.6) is 5.75 Å². The number of amides is 1.